The van der Waals surface area contributed by atoms with Gasteiger partial charge >= 0.3 is 0 Å². The molecule has 0 bridgehead atoms. The molecule has 0 spiro atoms. The van der Waals surface area contributed by atoms with Crippen LogP contribution in [-0.2, 0) is 22.6 Å². The van der Waals surface area contributed by atoms with Gasteiger partial charge < -0.3 is 20.5 Å². The highest BCUT2D eigenvalue weighted by atomic mass is 16.5. The molecule has 1 heterocycles. The minimum atomic E-state index is -0.305. The molecule has 1 unspecified atom stereocenters. The third kappa shape index (κ3) is 5.86. The zero-order valence-electron chi connectivity index (χ0n) is 17.8. The minimum absolute atomic E-state index is 0.154. The van der Waals surface area contributed by atoms with Crippen LogP contribution in [0.15, 0.2) is 55.1 Å². The van der Waals surface area contributed by atoms with Gasteiger partial charge in [0.1, 0.15) is 0 Å². The maximum absolute atomic E-state index is 12.5. The van der Waals surface area contributed by atoms with E-state index in [1.165, 1.54) is 0 Å². The summed E-state index contributed by atoms with van der Waals surface area (Å²) < 4.78 is 11.1. The van der Waals surface area contributed by atoms with Gasteiger partial charge in [-0.15, -0.1) is 6.58 Å². The lowest BCUT2D eigenvalue weighted by Gasteiger charge is -2.23. The van der Waals surface area contributed by atoms with Crippen LogP contribution in [0.3, 0.4) is 0 Å². The first-order valence-electron chi connectivity index (χ1n) is 10.3. The van der Waals surface area contributed by atoms with Crippen molar-refractivity contribution >= 4 is 17.5 Å². The summed E-state index contributed by atoms with van der Waals surface area (Å²) in [6.45, 7) is 4.93. The fourth-order valence-corrected chi connectivity index (χ4v) is 3.79. The molecule has 1 atom stereocenters. The summed E-state index contributed by atoms with van der Waals surface area (Å²) in [6, 6.07) is 12.9. The molecule has 0 radical (unpaired) electrons. The van der Waals surface area contributed by atoms with Crippen LogP contribution in [0.1, 0.15) is 24.0 Å². The number of anilines is 1. The molecule has 1 saturated heterocycles. The highest BCUT2D eigenvalue weighted by Crippen LogP contribution is 2.28. The second-order valence-corrected chi connectivity index (χ2v) is 7.50. The van der Waals surface area contributed by atoms with Crippen LogP contribution in [0.5, 0.6) is 11.5 Å². The van der Waals surface area contributed by atoms with Crippen molar-refractivity contribution in [2.45, 2.75) is 31.8 Å². The van der Waals surface area contributed by atoms with Crippen molar-refractivity contribution in [1.82, 2.24) is 4.90 Å². The minimum Gasteiger partial charge on any atom is -0.493 e. The van der Waals surface area contributed by atoms with E-state index >= 15 is 0 Å². The number of nitrogens with two attached hydrogens (primary N) is 1. The lowest BCUT2D eigenvalue weighted by atomic mass is 10.1. The van der Waals surface area contributed by atoms with Crippen LogP contribution in [0.2, 0.25) is 0 Å². The molecule has 0 saturated carbocycles. The number of hydrogen-bond acceptors (Lipinski definition) is 5. The summed E-state index contributed by atoms with van der Waals surface area (Å²) in [4.78, 5) is 26.3. The first-order chi connectivity index (χ1) is 15.0. The Morgan fingerprint density at radius 3 is 2.81 bits per heavy atom. The zero-order chi connectivity index (χ0) is 22.2. The Bertz CT molecular complexity index is 944. The Kier molecular flexibility index (Phi) is 7.67. The van der Waals surface area contributed by atoms with Crippen LogP contribution in [0, 0.1) is 0 Å². The molecule has 2 aromatic carbocycles. The number of benzene rings is 2. The van der Waals surface area contributed by atoms with Gasteiger partial charge in [0.15, 0.2) is 18.1 Å². The Hall–Kier alpha value is -3.32. The van der Waals surface area contributed by atoms with Crippen LogP contribution in [0.25, 0.3) is 0 Å². The van der Waals surface area contributed by atoms with E-state index in [-0.39, 0.29) is 24.5 Å². The van der Waals surface area contributed by atoms with E-state index < -0.39 is 0 Å². The average Bonchev–Trinajstić information content (AvgIpc) is 3.23. The van der Waals surface area contributed by atoms with E-state index in [2.05, 4.69) is 16.8 Å². The van der Waals surface area contributed by atoms with E-state index in [1.807, 2.05) is 42.5 Å². The summed E-state index contributed by atoms with van der Waals surface area (Å²) in [5.41, 5.74) is 8.19. The highest BCUT2D eigenvalue weighted by molar-refractivity contribution is 5.92. The molecule has 164 valence electrons. The molecule has 0 aromatic heterocycles. The largest absolute Gasteiger partial charge is 0.493 e. The van der Waals surface area contributed by atoms with Crippen LogP contribution < -0.4 is 20.5 Å². The fourth-order valence-electron chi connectivity index (χ4n) is 3.79. The molecule has 7 nitrogen and oxygen atoms in total. The van der Waals surface area contributed by atoms with Gasteiger partial charge in [0.25, 0.3) is 5.91 Å². The van der Waals surface area contributed by atoms with E-state index in [0.717, 1.165) is 36.9 Å². The number of carbonyl (C=O) groups excluding carboxylic acids is 2. The quantitative estimate of drug-likeness (QED) is 0.573. The van der Waals surface area contributed by atoms with Gasteiger partial charge in [-0.1, -0.05) is 30.3 Å². The topological polar surface area (TPSA) is 93.9 Å². The van der Waals surface area contributed by atoms with Crippen LogP contribution in [0.4, 0.5) is 5.69 Å². The molecule has 0 aliphatic carbocycles. The van der Waals surface area contributed by atoms with Gasteiger partial charge in [0.2, 0.25) is 5.91 Å². The smallest absolute Gasteiger partial charge is 0.262 e. The molecular formula is C24H29N3O4. The predicted molar refractivity (Wildman–Crippen MR) is 120 cm³/mol. The molecule has 2 aromatic rings. The van der Waals surface area contributed by atoms with Crippen molar-refractivity contribution in [3.63, 3.8) is 0 Å². The number of nitrogens with one attached hydrogen (secondary N) is 1. The van der Waals surface area contributed by atoms with E-state index in [9.17, 15) is 9.59 Å². The number of allylic oxidation sites excluding steroid dienone is 1. The number of ether oxygens (including phenoxy) is 2. The second-order valence-electron chi connectivity index (χ2n) is 7.50. The molecular weight excluding hydrogens is 394 g/mol. The third-order valence-corrected chi connectivity index (χ3v) is 5.32. The monoisotopic (exact) mass is 423 g/mol. The number of nitrogens with zero attached hydrogens (tertiary/aromatic N) is 1. The van der Waals surface area contributed by atoms with Crippen LogP contribution >= 0.6 is 0 Å². The predicted octanol–water partition coefficient (Wildman–Crippen LogP) is 2.89. The van der Waals surface area contributed by atoms with Gasteiger partial charge in [-0.25, -0.2) is 0 Å². The first-order valence-corrected chi connectivity index (χ1v) is 10.3. The van der Waals surface area contributed by atoms with Crippen LogP contribution in [-0.4, -0.2) is 43.0 Å². The zero-order valence-corrected chi connectivity index (χ0v) is 17.8. The van der Waals surface area contributed by atoms with E-state index in [4.69, 9.17) is 15.2 Å². The summed E-state index contributed by atoms with van der Waals surface area (Å²) in [6.07, 6.45) is 4.24. The average molecular weight is 424 g/mol. The third-order valence-electron chi connectivity index (χ3n) is 5.32. The van der Waals surface area contributed by atoms with Crippen molar-refractivity contribution < 1.29 is 19.1 Å². The molecule has 3 rings (SSSR count). The summed E-state index contributed by atoms with van der Waals surface area (Å²) in [5.74, 6) is 0.484. The number of likely N-dealkylation sites (tertiary alicyclic amines) is 1. The summed E-state index contributed by atoms with van der Waals surface area (Å²) in [7, 11) is 1.56. The van der Waals surface area contributed by atoms with Crippen molar-refractivity contribution in [3.05, 3.63) is 66.2 Å². The number of para-hydroxylation sites is 1. The van der Waals surface area contributed by atoms with Crippen molar-refractivity contribution in [2.75, 3.05) is 25.6 Å². The second kappa shape index (κ2) is 10.6. The first kappa shape index (κ1) is 22.4. The standard InChI is InChI=1S/C24H29N3O4/c1-3-7-17-11-12-21(22(14-17)30-2)31-16-23(28)26-19-9-5-4-8-18(19)15-27-13-6-10-20(27)24(25)29/h3-5,8-9,11-12,14,20H,1,6-7,10,13,15-16H2,2H3,(H2,25,29)(H,26,28). The number of primary amides is 1. The Balaban J connectivity index is 1.62. The fraction of sp³-hybridized carbons (Fsp3) is 0.333. The molecule has 1 fully saturated rings. The van der Waals surface area contributed by atoms with Gasteiger partial charge in [-0.3, -0.25) is 14.5 Å². The summed E-state index contributed by atoms with van der Waals surface area (Å²) >= 11 is 0. The number of methoxy groups -OCH3 is 1. The van der Waals surface area contributed by atoms with Gasteiger partial charge in [0, 0.05) is 12.2 Å². The molecule has 1 aliphatic rings. The molecule has 3 N–H and O–H groups in total. The number of amides is 2. The van der Waals surface area contributed by atoms with Crippen molar-refractivity contribution in [1.29, 1.82) is 0 Å². The Morgan fingerprint density at radius 2 is 2.06 bits per heavy atom. The number of hydrogen-bond donors (Lipinski definition) is 2. The van der Waals surface area contributed by atoms with Gasteiger partial charge in [-0.05, 0) is 55.1 Å². The van der Waals surface area contributed by atoms with Crippen molar-refractivity contribution in [3.8, 4) is 11.5 Å². The number of carbonyl (C=O) groups is 2. The van der Waals surface area contributed by atoms with Gasteiger partial charge in [0.05, 0.1) is 13.2 Å². The lowest BCUT2D eigenvalue weighted by molar-refractivity contribution is -0.122. The number of rotatable bonds is 10. The SMILES string of the molecule is C=CCc1ccc(OCC(=O)Nc2ccccc2CN2CCCC2C(N)=O)c(OC)c1. The Labute approximate surface area is 182 Å². The molecule has 1 aliphatic heterocycles. The molecule has 7 heteroatoms. The summed E-state index contributed by atoms with van der Waals surface area (Å²) in [5, 5.41) is 2.91. The molecule has 31 heavy (non-hydrogen) atoms. The normalized spacial score (nSPS) is 16.0. The highest BCUT2D eigenvalue weighted by Gasteiger charge is 2.29. The lowest BCUT2D eigenvalue weighted by Crippen LogP contribution is -2.39. The Morgan fingerprint density at radius 1 is 1.26 bits per heavy atom. The van der Waals surface area contributed by atoms with E-state index in [0.29, 0.717) is 23.7 Å². The van der Waals surface area contributed by atoms with E-state index in [1.54, 1.807) is 13.2 Å². The van der Waals surface area contributed by atoms with Gasteiger partial charge in [-0.2, -0.15) is 0 Å². The maximum atomic E-state index is 12.5. The molecule has 2 amide bonds. The maximum Gasteiger partial charge on any atom is 0.262 e. The van der Waals surface area contributed by atoms with Crippen molar-refractivity contribution in [2.24, 2.45) is 5.73 Å².